The van der Waals surface area contributed by atoms with Gasteiger partial charge in [-0.3, -0.25) is 9.36 Å². The Balaban J connectivity index is 1.75. The SMILES string of the molecule is CCOc1cc(CNC(=O)c2cc(C)n(-c3cc(C)on3)c2C)ccn1. The maximum atomic E-state index is 12.6. The molecule has 0 atom stereocenters. The van der Waals surface area contributed by atoms with Crippen LogP contribution in [0.5, 0.6) is 5.88 Å². The molecule has 0 saturated carbocycles. The number of rotatable bonds is 6. The summed E-state index contributed by atoms with van der Waals surface area (Å²) in [5, 5.41) is 6.98. The second-order valence-corrected chi connectivity index (χ2v) is 6.03. The standard InChI is InChI=1S/C19H22N4O3/c1-5-25-18-10-15(6-7-20-18)11-21-19(24)16-8-12(2)23(14(16)4)17-9-13(3)26-22-17/h6-10H,5,11H2,1-4H3,(H,21,24). The molecular formula is C19H22N4O3. The fourth-order valence-corrected chi connectivity index (χ4v) is 2.87. The number of hydrogen-bond donors (Lipinski definition) is 1. The van der Waals surface area contributed by atoms with Crippen LogP contribution >= 0.6 is 0 Å². The molecule has 1 N–H and O–H groups in total. The van der Waals surface area contributed by atoms with E-state index in [1.54, 1.807) is 6.20 Å². The summed E-state index contributed by atoms with van der Waals surface area (Å²) < 4.78 is 12.4. The van der Waals surface area contributed by atoms with Crippen LogP contribution in [0.25, 0.3) is 5.82 Å². The Kier molecular flexibility index (Phi) is 5.06. The molecule has 0 aliphatic carbocycles. The Hall–Kier alpha value is -3.09. The first-order valence-corrected chi connectivity index (χ1v) is 8.48. The monoisotopic (exact) mass is 354 g/mol. The molecule has 0 aliphatic heterocycles. The van der Waals surface area contributed by atoms with E-state index < -0.39 is 0 Å². The number of aryl methyl sites for hydroxylation is 2. The lowest BCUT2D eigenvalue weighted by Gasteiger charge is -2.08. The van der Waals surface area contributed by atoms with Gasteiger partial charge in [-0.15, -0.1) is 0 Å². The second-order valence-electron chi connectivity index (χ2n) is 6.03. The molecule has 0 radical (unpaired) electrons. The van der Waals surface area contributed by atoms with Gasteiger partial charge in [-0.1, -0.05) is 5.16 Å². The molecule has 0 fully saturated rings. The molecular weight excluding hydrogens is 332 g/mol. The van der Waals surface area contributed by atoms with Crippen molar-refractivity contribution in [1.29, 1.82) is 0 Å². The number of hydrogen-bond acceptors (Lipinski definition) is 5. The van der Waals surface area contributed by atoms with Crippen LogP contribution in [-0.4, -0.2) is 27.2 Å². The van der Waals surface area contributed by atoms with Gasteiger partial charge < -0.3 is 14.6 Å². The van der Waals surface area contributed by atoms with Gasteiger partial charge in [0.1, 0.15) is 5.76 Å². The van der Waals surface area contributed by atoms with E-state index in [2.05, 4.69) is 15.5 Å². The van der Waals surface area contributed by atoms with Gasteiger partial charge in [0.2, 0.25) is 5.88 Å². The van der Waals surface area contributed by atoms with E-state index in [-0.39, 0.29) is 5.91 Å². The van der Waals surface area contributed by atoms with Crippen molar-refractivity contribution in [2.45, 2.75) is 34.2 Å². The van der Waals surface area contributed by atoms with Crippen LogP contribution in [0, 0.1) is 20.8 Å². The molecule has 3 aromatic heterocycles. The van der Waals surface area contributed by atoms with Crippen LogP contribution in [0.15, 0.2) is 35.0 Å². The highest BCUT2D eigenvalue weighted by molar-refractivity contribution is 5.95. The topological polar surface area (TPSA) is 82.2 Å². The zero-order valence-corrected chi connectivity index (χ0v) is 15.4. The van der Waals surface area contributed by atoms with Crippen LogP contribution in [0.3, 0.4) is 0 Å². The van der Waals surface area contributed by atoms with Crippen molar-refractivity contribution in [3.63, 3.8) is 0 Å². The molecule has 0 aromatic carbocycles. The van der Waals surface area contributed by atoms with E-state index in [0.717, 1.165) is 22.7 Å². The number of pyridine rings is 1. The smallest absolute Gasteiger partial charge is 0.253 e. The maximum Gasteiger partial charge on any atom is 0.253 e. The van der Waals surface area contributed by atoms with Crippen molar-refractivity contribution in [2.24, 2.45) is 0 Å². The van der Waals surface area contributed by atoms with Crippen LogP contribution in [0.2, 0.25) is 0 Å². The van der Waals surface area contributed by atoms with Gasteiger partial charge in [0.05, 0.1) is 12.2 Å². The average molecular weight is 354 g/mol. The highest BCUT2D eigenvalue weighted by Crippen LogP contribution is 2.21. The largest absolute Gasteiger partial charge is 0.478 e. The molecule has 26 heavy (non-hydrogen) atoms. The summed E-state index contributed by atoms with van der Waals surface area (Å²) in [5.74, 6) is 1.81. The fourth-order valence-electron chi connectivity index (χ4n) is 2.87. The molecule has 7 heteroatoms. The van der Waals surface area contributed by atoms with Crippen LogP contribution < -0.4 is 10.1 Å². The Morgan fingerprint density at radius 3 is 2.77 bits per heavy atom. The fraction of sp³-hybridized carbons (Fsp3) is 0.316. The van der Waals surface area contributed by atoms with E-state index in [9.17, 15) is 4.79 Å². The number of aromatic nitrogens is 3. The lowest BCUT2D eigenvalue weighted by Crippen LogP contribution is -2.23. The molecule has 7 nitrogen and oxygen atoms in total. The first kappa shape index (κ1) is 17.7. The minimum absolute atomic E-state index is 0.140. The molecule has 0 spiro atoms. The van der Waals surface area contributed by atoms with E-state index in [4.69, 9.17) is 9.26 Å². The first-order valence-electron chi connectivity index (χ1n) is 8.48. The average Bonchev–Trinajstić information content (AvgIpc) is 3.16. The number of ether oxygens (including phenoxy) is 1. The lowest BCUT2D eigenvalue weighted by atomic mass is 10.2. The van der Waals surface area contributed by atoms with Crippen molar-refractivity contribution in [3.8, 4) is 11.7 Å². The normalized spacial score (nSPS) is 10.8. The zero-order valence-electron chi connectivity index (χ0n) is 15.4. The van der Waals surface area contributed by atoms with Gasteiger partial charge >= 0.3 is 0 Å². The van der Waals surface area contributed by atoms with Crippen molar-refractivity contribution >= 4 is 5.91 Å². The summed E-state index contributed by atoms with van der Waals surface area (Å²) in [4.78, 5) is 16.8. The van der Waals surface area contributed by atoms with Crippen LogP contribution in [0.4, 0.5) is 0 Å². The Morgan fingerprint density at radius 1 is 1.27 bits per heavy atom. The van der Waals surface area contributed by atoms with E-state index in [1.165, 1.54) is 0 Å². The number of carbonyl (C=O) groups excluding carboxylic acids is 1. The molecule has 3 heterocycles. The number of amides is 1. The van der Waals surface area contributed by atoms with E-state index >= 15 is 0 Å². The third-order valence-corrected chi connectivity index (χ3v) is 4.06. The van der Waals surface area contributed by atoms with Crippen molar-refractivity contribution < 1.29 is 14.1 Å². The van der Waals surface area contributed by atoms with Crippen LogP contribution in [0.1, 0.15) is 40.0 Å². The lowest BCUT2D eigenvalue weighted by molar-refractivity contribution is 0.0950. The van der Waals surface area contributed by atoms with Crippen molar-refractivity contribution in [1.82, 2.24) is 20.0 Å². The minimum atomic E-state index is -0.140. The summed E-state index contributed by atoms with van der Waals surface area (Å²) in [5.41, 5.74) is 3.28. The molecule has 0 saturated heterocycles. The summed E-state index contributed by atoms with van der Waals surface area (Å²) in [7, 11) is 0. The Morgan fingerprint density at radius 2 is 2.08 bits per heavy atom. The highest BCUT2D eigenvalue weighted by atomic mass is 16.5. The zero-order chi connectivity index (χ0) is 18.7. The van der Waals surface area contributed by atoms with Gasteiger partial charge in [-0.25, -0.2) is 4.98 Å². The summed E-state index contributed by atoms with van der Waals surface area (Å²) in [6, 6.07) is 7.37. The molecule has 3 rings (SSSR count). The Labute approximate surface area is 152 Å². The van der Waals surface area contributed by atoms with Gasteiger partial charge in [0.15, 0.2) is 5.82 Å². The molecule has 0 aliphatic rings. The predicted octanol–water partition coefficient (Wildman–Crippen LogP) is 3.11. The van der Waals surface area contributed by atoms with Crippen LogP contribution in [-0.2, 0) is 6.54 Å². The number of carbonyl (C=O) groups is 1. The highest BCUT2D eigenvalue weighted by Gasteiger charge is 2.18. The van der Waals surface area contributed by atoms with Gasteiger partial charge in [-0.2, -0.15) is 0 Å². The van der Waals surface area contributed by atoms with E-state index in [0.29, 0.717) is 30.4 Å². The van der Waals surface area contributed by atoms with Gasteiger partial charge in [-0.05, 0) is 45.4 Å². The summed E-state index contributed by atoms with van der Waals surface area (Å²) >= 11 is 0. The summed E-state index contributed by atoms with van der Waals surface area (Å²) in [6.45, 7) is 8.52. The molecule has 0 unspecified atom stereocenters. The quantitative estimate of drug-likeness (QED) is 0.735. The minimum Gasteiger partial charge on any atom is -0.478 e. The van der Waals surface area contributed by atoms with Crippen molar-refractivity contribution in [2.75, 3.05) is 6.61 Å². The van der Waals surface area contributed by atoms with Gasteiger partial charge in [0.25, 0.3) is 5.91 Å². The first-order chi connectivity index (χ1) is 12.5. The summed E-state index contributed by atoms with van der Waals surface area (Å²) in [6.07, 6.45) is 1.67. The van der Waals surface area contributed by atoms with E-state index in [1.807, 2.05) is 56.5 Å². The molecule has 1 amide bonds. The maximum absolute atomic E-state index is 12.6. The van der Waals surface area contributed by atoms with Crippen molar-refractivity contribution in [3.05, 3.63) is 58.7 Å². The Bertz CT molecular complexity index is 927. The molecule has 136 valence electrons. The number of nitrogens with one attached hydrogen (secondary N) is 1. The second kappa shape index (κ2) is 7.43. The third kappa shape index (κ3) is 3.61. The third-order valence-electron chi connectivity index (χ3n) is 4.06. The van der Waals surface area contributed by atoms with Gasteiger partial charge in [0, 0.05) is 36.3 Å². The predicted molar refractivity (Wildman–Crippen MR) is 96.6 cm³/mol. The number of nitrogens with zero attached hydrogens (tertiary/aromatic N) is 3. The molecule has 0 bridgehead atoms. The molecule has 3 aromatic rings.